The number of hydrogen-bond acceptors (Lipinski definition) is 2. The Bertz CT molecular complexity index is 229. The zero-order chi connectivity index (χ0) is 10.7. The summed E-state index contributed by atoms with van der Waals surface area (Å²) < 4.78 is 0. The molecule has 0 aromatic carbocycles. The Morgan fingerprint density at radius 2 is 2.00 bits per heavy atom. The van der Waals surface area contributed by atoms with E-state index in [1.165, 1.54) is 25.7 Å². The zero-order valence-electron chi connectivity index (χ0n) is 10.00. The normalized spacial score (nSPS) is 34.2. The number of hydrogen-bond donors (Lipinski definition) is 2. The van der Waals surface area contributed by atoms with E-state index in [0.29, 0.717) is 12.0 Å². The SMILES string of the molecule is CC1CCCCC1NC(=O)[C@@H]1CCNC1.Cl. The maximum atomic E-state index is 11.9. The van der Waals surface area contributed by atoms with Gasteiger partial charge in [-0.3, -0.25) is 4.79 Å². The lowest BCUT2D eigenvalue weighted by atomic mass is 9.85. The second-order valence-corrected chi connectivity index (χ2v) is 5.07. The molecule has 2 aliphatic rings. The molecule has 1 heterocycles. The molecule has 1 saturated heterocycles. The predicted octanol–water partition coefficient (Wildman–Crippen LogP) is 1.71. The molecule has 1 aliphatic heterocycles. The van der Waals surface area contributed by atoms with Crippen molar-refractivity contribution in [1.29, 1.82) is 0 Å². The van der Waals surface area contributed by atoms with E-state index in [2.05, 4.69) is 17.6 Å². The average molecular weight is 247 g/mol. The van der Waals surface area contributed by atoms with E-state index in [9.17, 15) is 4.79 Å². The number of rotatable bonds is 2. The zero-order valence-corrected chi connectivity index (χ0v) is 10.8. The molecule has 3 nitrogen and oxygen atoms in total. The Kier molecular flexibility index (Phi) is 5.56. The molecule has 2 rings (SSSR count). The molecule has 0 bridgehead atoms. The van der Waals surface area contributed by atoms with Crippen molar-refractivity contribution in [2.24, 2.45) is 11.8 Å². The number of amides is 1. The lowest BCUT2D eigenvalue weighted by Crippen LogP contribution is -2.44. The summed E-state index contributed by atoms with van der Waals surface area (Å²) in [6, 6.07) is 0.437. The van der Waals surface area contributed by atoms with E-state index in [0.717, 1.165) is 19.5 Å². The van der Waals surface area contributed by atoms with Crippen LogP contribution < -0.4 is 10.6 Å². The van der Waals surface area contributed by atoms with Crippen molar-refractivity contribution in [3.05, 3.63) is 0 Å². The number of halogens is 1. The van der Waals surface area contributed by atoms with Gasteiger partial charge in [-0.2, -0.15) is 0 Å². The van der Waals surface area contributed by atoms with Gasteiger partial charge in [0.05, 0.1) is 5.92 Å². The molecule has 0 radical (unpaired) electrons. The number of carbonyl (C=O) groups excluding carboxylic acids is 1. The van der Waals surface area contributed by atoms with Crippen LogP contribution in [0.15, 0.2) is 0 Å². The quantitative estimate of drug-likeness (QED) is 0.779. The highest BCUT2D eigenvalue weighted by Gasteiger charge is 2.27. The molecule has 1 amide bonds. The van der Waals surface area contributed by atoms with Crippen molar-refractivity contribution in [3.63, 3.8) is 0 Å². The van der Waals surface area contributed by atoms with Gasteiger partial charge in [0, 0.05) is 12.6 Å². The van der Waals surface area contributed by atoms with Crippen LogP contribution in [0.3, 0.4) is 0 Å². The third-order valence-corrected chi connectivity index (χ3v) is 3.87. The van der Waals surface area contributed by atoms with Gasteiger partial charge in [0.15, 0.2) is 0 Å². The van der Waals surface area contributed by atoms with Crippen molar-refractivity contribution in [2.45, 2.75) is 45.1 Å². The minimum atomic E-state index is 0. The van der Waals surface area contributed by atoms with Gasteiger partial charge in [-0.05, 0) is 31.7 Å². The number of carbonyl (C=O) groups is 1. The fourth-order valence-corrected chi connectivity index (χ4v) is 2.71. The van der Waals surface area contributed by atoms with Crippen LogP contribution in [0.5, 0.6) is 0 Å². The molecule has 0 aromatic heterocycles. The van der Waals surface area contributed by atoms with Gasteiger partial charge in [0.2, 0.25) is 5.91 Å². The molecule has 1 aliphatic carbocycles. The Balaban J connectivity index is 0.00000128. The van der Waals surface area contributed by atoms with Crippen LogP contribution >= 0.6 is 12.4 Å². The van der Waals surface area contributed by atoms with Crippen LogP contribution in [0.25, 0.3) is 0 Å². The van der Waals surface area contributed by atoms with Crippen LogP contribution in [-0.4, -0.2) is 25.0 Å². The van der Waals surface area contributed by atoms with Gasteiger partial charge < -0.3 is 10.6 Å². The van der Waals surface area contributed by atoms with Gasteiger partial charge in [-0.25, -0.2) is 0 Å². The van der Waals surface area contributed by atoms with Gasteiger partial charge in [0.25, 0.3) is 0 Å². The minimum Gasteiger partial charge on any atom is -0.353 e. The van der Waals surface area contributed by atoms with Gasteiger partial charge in [0.1, 0.15) is 0 Å². The second-order valence-electron chi connectivity index (χ2n) is 5.07. The summed E-state index contributed by atoms with van der Waals surface area (Å²) in [5.74, 6) is 1.16. The Labute approximate surface area is 104 Å². The topological polar surface area (TPSA) is 41.1 Å². The van der Waals surface area contributed by atoms with E-state index < -0.39 is 0 Å². The van der Waals surface area contributed by atoms with Crippen LogP contribution in [0.4, 0.5) is 0 Å². The molecular weight excluding hydrogens is 224 g/mol. The summed E-state index contributed by atoms with van der Waals surface area (Å²) in [4.78, 5) is 11.9. The van der Waals surface area contributed by atoms with E-state index in [1.54, 1.807) is 0 Å². The second kappa shape index (κ2) is 6.45. The van der Waals surface area contributed by atoms with Crippen molar-refractivity contribution in [2.75, 3.05) is 13.1 Å². The summed E-state index contributed by atoms with van der Waals surface area (Å²) in [6.07, 6.45) is 6.06. The van der Waals surface area contributed by atoms with Crippen molar-refractivity contribution in [3.8, 4) is 0 Å². The van der Waals surface area contributed by atoms with E-state index >= 15 is 0 Å². The highest BCUT2D eigenvalue weighted by Crippen LogP contribution is 2.24. The fraction of sp³-hybridized carbons (Fsp3) is 0.917. The fourth-order valence-electron chi connectivity index (χ4n) is 2.71. The van der Waals surface area contributed by atoms with Crippen molar-refractivity contribution in [1.82, 2.24) is 10.6 Å². The molecule has 2 unspecified atom stereocenters. The largest absolute Gasteiger partial charge is 0.353 e. The number of nitrogens with one attached hydrogen (secondary N) is 2. The summed E-state index contributed by atoms with van der Waals surface area (Å²) in [7, 11) is 0. The van der Waals surface area contributed by atoms with Gasteiger partial charge in [-0.1, -0.05) is 19.8 Å². The molecular formula is C12H23ClN2O. The molecule has 2 N–H and O–H groups in total. The first-order chi connectivity index (χ1) is 7.27. The third kappa shape index (κ3) is 3.36. The summed E-state index contributed by atoms with van der Waals surface area (Å²) in [5, 5.41) is 6.47. The third-order valence-electron chi connectivity index (χ3n) is 3.87. The van der Waals surface area contributed by atoms with Gasteiger partial charge in [-0.15, -0.1) is 12.4 Å². The summed E-state index contributed by atoms with van der Waals surface area (Å²) in [6.45, 7) is 4.13. The highest BCUT2D eigenvalue weighted by atomic mass is 35.5. The Morgan fingerprint density at radius 3 is 2.62 bits per heavy atom. The molecule has 4 heteroatoms. The molecule has 0 aromatic rings. The van der Waals surface area contributed by atoms with E-state index in [1.807, 2.05) is 0 Å². The Morgan fingerprint density at radius 1 is 1.25 bits per heavy atom. The molecule has 16 heavy (non-hydrogen) atoms. The van der Waals surface area contributed by atoms with Crippen molar-refractivity contribution >= 4 is 18.3 Å². The van der Waals surface area contributed by atoms with Crippen LogP contribution in [0, 0.1) is 11.8 Å². The monoisotopic (exact) mass is 246 g/mol. The van der Waals surface area contributed by atoms with Crippen LogP contribution in [0.2, 0.25) is 0 Å². The van der Waals surface area contributed by atoms with Crippen LogP contribution in [-0.2, 0) is 4.79 Å². The van der Waals surface area contributed by atoms with E-state index in [4.69, 9.17) is 0 Å². The minimum absolute atomic E-state index is 0. The first-order valence-electron chi connectivity index (χ1n) is 6.28. The Hall–Kier alpha value is -0.280. The van der Waals surface area contributed by atoms with Crippen molar-refractivity contribution < 1.29 is 4.79 Å². The molecule has 0 spiro atoms. The lowest BCUT2D eigenvalue weighted by molar-refractivity contribution is -0.125. The molecule has 1 saturated carbocycles. The first-order valence-corrected chi connectivity index (χ1v) is 6.28. The average Bonchev–Trinajstić information content (AvgIpc) is 2.74. The maximum Gasteiger partial charge on any atom is 0.224 e. The maximum absolute atomic E-state index is 11.9. The summed E-state index contributed by atoms with van der Waals surface area (Å²) in [5.41, 5.74) is 0. The standard InChI is InChI=1S/C12H22N2O.ClH/c1-9-4-2-3-5-11(9)14-12(15)10-6-7-13-8-10;/h9-11,13H,2-8H2,1H3,(H,14,15);1H/t9?,10-,11?;/m1./s1. The first kappa shape index (κ1) is 13.8. The molecule has 94 valence electrons. The van der Waals surface area contributed by atoms with E-state index in [-0.39, 0.29) is 24.2 Å². The molecule has 2 fully saturated rings. The van der Waals surface area contributed by atoms with Gasteiger partial charge >= 0.3 is 0 Å². The smallest absolute Gasteiger partial charge is 0.224 e. The van der Waals surface area contributed by atoms with Crippen LogP contribution in [0.1, 0.15) is 39.0 Å². The molecule has 3 atom stereocenters. The summed E-state index contributed by atoms with van der Waals surface area (Å²) >= 11 is 0. The predicted molar refractivity (Wildman–Crippen MR) is 67.8 cm³/mol. The lowest BCUT2D eigenvalue weighted by Gasteiger charge is -2.30. The highest BCUT2D eigenvalue weighted by molar-refractivity contribution is 5.85.